The maximum absolute atomic E-state index is 9.02. The van der Waals surface area contributed by atoms with Crippen molar-refractivity contribution in [2.24, 2.45) is 11.8 Å². The van der Waals surface area contributed by atoms with E-state index in [0.717, 1.165) is 13.0 Å². The maximum Gasteiger partial charge on any atom is 0.0644 e. The van der Waals surface area contributed by atoms with Gasteiger partial charge in [-0.05, 0) is 31.1 Å². The summed E-state index contributed by atoms with van der Waals surface area (Å²) in [5.41, 5.74) is 0. The van der Waals surface area contributed by atoms with Crippen molar-refractivity contribution in [3.63, 3.8) is 0 Å². The van der Waals surface area contributed by atoms with Gasteiger partial charge in [-0.3, -0.25) is 0 Å². The highest BCUT2D eigenvalue weighted by Gasteiger charge is 2.20. The highest BCUT2D eigenvalue weighted by Crippen LogP contribution is 2.28. The van der Waals surface area contributed by atoms with Crippen molar-refractivity contribution < 1.29 is 9.84 Å². The van der Waals surface area contributed by atoms with Crippen molar-refractivity contribution in [1.82, 2.24) is 0 Å². The fraction of sp³-hybridized carbons (Fsp3) is 0.818. The van der Waals surface area contributed by atoms with Gasteiger partial charge >= 0.3 is 0 Å². The minimum Gasteiger partial charge on any atom is -0.396 e. The monoisotopic (exact) mass is 184 g/mol. The van der Waals surface area contributed by atoms with Crippen LogP contribution in [0.25, 0.3) is 0 Å². The van der Waals surface area contributed by atoms with Crippen molar-refractivity contribution in [2.45, 2.75) is 25.7 Å². The molecule has 1 rings (SSSR count). The average Bonchev–Trinajstić information content (AvgIpc) is 2.19. The van der Waals surface area contributed by atoms with Crippen LogP contribution in [0, 0.1) is 11.8 Å². The molecular weight excluding hydrogens is 164 g/mol. The second kappa shape index (κ2) is 6.17. The Bertz CT molecular complexity index is 145. The van der Waals surface area contributed by atoms with Gasteiger partial charge in [0.15, 0.2) is 0 Å². The van der Waals surface area contributed by atoms with Gasteiger partial charge in [0.2, 0.25) is 0 Å². The average molecular weight is 184 g/mol. The molecule has 2 unspecified atom stereocenters. The Morgan fingerprint density at radius 3 is 2.85 bits per heavy atom. The largest absolute Gasteiger partial charge is 0.396 e. The maximum atomic E-state index is 9.02. The van der Waals surface area contributed by atoms with Crippen LogP contribution in [0.4, 0.5) is 0 Å². The van der Waals surface area contributed by atoms with E-state index < -0.39 is 0 Å². The second-order valence-electron chi connectivity index (χ2n) is 3.91. The van der Waals surface area contributed by atoms with E-state index in [9.17, 15) is 0 Å². The summed E-state index contributed by atoms with van der Waals surface area (Å²) >= 11 is 0. The fourth-order valence-electron chi connectivity index (χ4n) is 2.04. The molecule has 0 aromatic rings. The van der Waals surface area contributed by atoms with Crippen LogP contribution in [0.5, 0.6) is 0 Å². The molecule has 1 saturated carbocycles. The van der Waals surface area contributed by atoms with Gasteiger partial charge in [-0.1, -0.05) is 12.5 Å². The highest BCUT2D eigenvalue weighted by atomic mass is 16.5. The molecule has 1 aliphatic rings. The predicted octanol–water partition coefficient (Wildman–Crippen LogP) is 1.99. The number of hydrogen-bond donors (Lipinski definition) is 1. The van der Waals surface area contributed by atoms with Crippen molar-refractivity contribution >= 4 is 0 Å². The van der Waals surface area contributed by atoms with Gasteiger partial charge in [-0.25, -0.2) is 0 Å². The van der Waals surface area contributed by atoms with Crippen molar-refractivity contribution in [2.75, 3.05) is 19.8 Å². The van der Waals surface area contributed by atoms with E-state index in [0.29, 0.717) is 25.0 Å². The molecule has 13 heavy (non-hydrogen) atoms. The molecule has 1 fully saturated rings. The Morgan fingerprint density at radius 1 is 1.38 bits per heavy atom. The Balaban J connectivity index is 2.14. The minimum absolute atomic E-state index is 0.345. The first-order valence-electron chi connectivity index (χ1n) is 5.16. The fourth-order valence-corrected chi connectivity index (χ4v) is 2.04. The van der Waals surface area contributed by atoms with Crippen LogP contribution in [-0.2, 0) is 4.74 Å². The zero-order valence-electron chi connectivity index (χ0n) is 8.24. The van der Waals surface area contributed by atoms with E-state index in [1.54, 1.807) is 6.08 Å². The van der Waals surface area contributed by atoms with Gasteiger partial charge in [0.25, 0.3) is 0 Å². The summed E-state index contributed by atoms with van der Waals surface area (Å²) in [4.78, 5) is 0. The third kappa shape index (κ3) is 3.92. The molecule has 0 heterocycles. The van der Waals surface area contributed by atoms with Gasteiger partial charge < -0.3 is 9.84 Å². The number of aliphatic hydroxyl groups is 1. The first-order chi connectivity index (χ1) is 6.36. The lowest BCUT2D eigenvalue weighted by Crippen LogP contribution is -2.21. The molecule has 0 aliphatic heterocycles. The number of ether oxygens (including phenoxy) is 1. The van der Waals surface area contributed by atoms with Crippen LogP contribution in [0.2, 0.25) is 0 Å². The molecule has 2 heteroatoms. The Kier molecular flexibility index (Phi) is 5.09. The quantitative estimate of drug-likeness (QED) is 0.523. The first-order valence-corrected chi connectivity index (χ1v) is 5.16. The Morgan fingerprint density at radius 2 is 2.15 bits per heavy atom. The first kappa shape index (κ1) is 10.7. The van der Waals surface area contributed by atoms with E-state index in [2.05, 4.69) is 6.58 Å². The van der Waals surface area contributed by atoms with E-state index in [4.69, 9.17) is 9.84 Å². The van der Waals surface area contributed by atoms with Gasteiger partial charge in [0.05, 0.1) is 6.61 Å². The third-order valence-corrected chi connectivity index (χ3v) is 2.74. The molecule has 1 aliphatic carbocycles. The van der Waals surface area contributed by atoms with Crippen LogP contribution in [0.1, 0.15) is 25.7 Å². The van der Waals surface area contributed by atoms with Gasteiger partial charge in [-0.2, -0.15) is 0 Å². The number of rotatable bonds is 5. The summed E-state index contributed by atoms with van der Waals surface area (Å²) in [6.45, 7) is 5.44. The minimum atomic E-state index is 0.345. The lowest BCUT2D eigenvalue weighted by molar-refractivity contribution is 0.0778. The SMILES string of the molecule is C=CCOCC1CCCC(CO)C1. The van der Waals surface area contributed by atoms with Crippen molar-refractivity contribution in [1.29, 1.82) is 0 Å². The Hall–Kier alpha value is -0.340. The number of aliphatic hydroxyl groups excluding tert-OH is 1. The molecule has 0 aromatic carbocycles. The molecule has 0 amide bonds. The van der Waals surface area contributed by atoms with Crippen LogP contribution >= 0.6 is 0 Å². The van der Waals surface area contributed by atoms with Crippen LogP contribution < -0.4 is 0 Å². The molecule has 2 nitrogen and oxygen atoms in total. The standard InChI is InChI=1S/C11H20O2/c1-2-6-13-9-11-5-3-4-10(7-11)8-12/h2,10-12H,1,3-9H2. The van der Waals surface area contributed by atoms with Gasteiger partial charge in [-0.15, -0.1) is 6.58 Å². The predicted molar refractivity (Wildman–Crippen MR) is 53.5 cm³/mol. The number of hydrogen-bond acceptors (Lipinski definition) is 2. The summed E-state index contributed by atoms with van der Waals surface area (Å²) in [6, 6.07) is 0. The molecule has 2 atom stereocenters. The molecule has 0 bridgehead atoms. The highest BCUT2D eigenvalue weighted by molar-refractivity contribution is 4.73. The summed E-state index contributed by atoms with van der Waals surface area (Å²) in [6.07, 6.45) is 6.61. The van der Waals surface area contributed by atoms with Gasteiger partial charge in [0.1, 0.15) is 0 Å². The zero-order chi connectivity index (χ0) is 9.52. The van der Waals surface area contributed by atoms with Gasteiger partial charge in [0, 0.05) is 13.2 Å². The summed E-state index contributed by atoms with van der Waals surface area (Å²) in [7, 11) is 0. The van der Waals surface area contributed by atoms with Crippen molar-refractivity contribution in [3.8, 4) is 0 Å². The summed E-state index contributed by atoms with van der Waals surface area (Å²) in [5.74, 6) is 1.18. The topological polar surface area (TPSA) is 29.5 Å². The zero-order valence-corrected chi connectivity index (χ0v) is 8.24. The molecule has 0 radical (unpaired) electrons. The molecule has 0 aromatic heterocycles. The van der Waals surface area contributed by atoms with E-state index in [1.165, 1.54) is 19.3 Å². The van der Waals surface area contributed by atoms with Crippen molar-refractivity contribution in [3.05, 3.63) is 12.7 Å². The smallest absolute Gasteiger partial charge is 0.0644 e. The van der Waals surface area contributed by atoms with Crippen LogP contribution in [-0.4, -0.2) is 24.9 Å². The second-order valence-corrected chi connectivity index (χ2v) is 3.91. The van der Waals surface area contributed by atoms with E-state index in [-0.39, 0.29) is 0 Å². The molecule has 76 valence electrons. The van der Waals surface area contributed by atoms with Crippen LogP contribution in [0.15, 0.2) is 12.7 Å². The summed E-state index contributed by atoms with van der Waals surface area (Å²) in [5, 5.41) is 9.02. The molecule has 0 spiro atoms. The Labute approximate surface area is 80.6 Å². The van der Waals surface area contributed by atoms with Crippen LogP contribution in [0.3, 0.4) is 0 Å². The normalized spacial score (nSPS) is 28.7. The van der Waals surface area contributed by atoms with E-state index in [1.807, 2.05) is 0 Å². The lowest BCUT2D eigenvalue weighted by atomic mass is 9.82. The molecule has 0 saturated heterocycles. The van der Waals surface area contributed by atoms with E-state index >= 15 is 0 Å². The molecular formula is C11H20O2. The third-order valence-electron chi connectivity index (χ3n) is 2.74. The molecule has 1 N–H and O–H groups in total. The lowest BCUT2D eigenvalue weighted by Gasteiger charge is -2.27. The summed E-state index contributed by atoms with van der Waals surface area (Å²) < 4.78 is 5.42.